The summed E-state index contributed by atoms with van der Waals surface area (Å²) in [5.41, 5.74) is 4.00. The van der Waals surface area contributed by atoms with Gasteiger partial charge in [-0.2, -0.15) is 0 Å². The molecule has 2 aromatic carbocycles. The Balaban J connectivity index is 1.87. The molecule has 0 bridgehead atoms. The first-order valence-electron chi connectivity index (χ1n) is 7.59. The minimum Gasteiger partial charge on any atom is -0.493 e. The SMILES string of the molecule is COc1cc2c(cc1OC)C(c1cc3ccccc3o1)=NCC2. The Bertz CT molecular complexity index is 875. The van der Waals surface area contributed by atoms with Crippen molar-refractivity contribution in [3.05, 3.63) is 59.4 Å². The summed E-state index contributed by atoms with van der Waals surface area (Å²) in [6.07, 6.45) is 0.888. The normalized spacial score (nSPS) is 13.6. The van der Waals surface area contributed by atoms with Crippen LogP contribution < -0.4 is 9.47 Å². The van der Waals surface area contributed by atoms with Crippen LogP contribution in [-0.4, -0.2) is 26.5 Å². The van der Waals surface area contributed by atoms with E-state index in [2.05, 4.69) is 0 Å². The van der Waals surface area contributed by atoms with Crippen LogP contribution in [0.5, 0.6) is 11.5 Å². The molecule has 0 saturated carbocycles. The summed E-state index contributed by atoms with van der Waals surface area (Å²) in [5.74, 6) is 2.24. The number of nitrogens with zero attached hydrogens (tertiary/aromatic N) is 1. The summed E-state index contributed by atoms with van der Waals surface area (Å²) < 4.78 is 16.8. The van der Waals surface area contributed by atoms with Crippen LogP contribution in [0.2, 0.25) is 0 Å². The second kappa shape index (κ2) is 5.47. The first-order chi connectivity index (χ1) is 11.3. The fourth-order valence-corrected chi connectivity index (χ4v) is 3.03. The minimum atomic E-state index is 0.706. The molecule has 4 nitrogen and oxygen atoms in total. The number of rotatable bonds is 3. The van der Waals surface area contributed by atoms with Crippen LogP contribution in [0.15, 0.2) is 51.9 Å². The largest absolute Gasteiger partial charge is 0.493 e. The summed E-state index contributed by atoms with van der Waals surface area (Å²) in [4.78, 5) is 4.69. The zero-order chi connectivity index (χ0) is 15.8. The predicted octanol–water partition coefficient (Wildman–Crippen LogP) is 3.84. The van der Waals surface area contributed by atoms with Crippen LogP contribution in [0, 0.1) is 0 Å². The fraction of sp³-hybridized carbons (Fsp3) is 0.211. The lowest BCUT2D eigenvalue weighted by molar-refractivity contribution is 0.354. The second-order valence-corrected chi connectivity index (χ2v) is 5.49. The van der Waals surface area contributed by atoms with Gasteiger partial charge in [-0.25, -0.2) is 0 Å². The maximum atomic E-state index is 5.99. The number of ether oxygens (including phenoxy) is 2. The van der Waals surface area contributed by atoms with Gasteiger partial charge in [-0.1, -0.05) is 18.2 Å². The average Bonchev–Trinajstić information content (AvgIpc) is 3.03. The molecule has 116 valence electrons. The number of para-hydroxylation sites is 1. The number of fused-ring (bicyclic) bond motifs is 2. The monoisotopic (exact) mass is 307 g/mol. The Morgan fingerprint density at radius 3 is 2.57 bits per heavy atom. The Kier molecular flexibility index (Phi) is 3.30. The van der Waals surface area contributed by atoms with Gasteiger partial charge in [0.15, 0.2) is 17.3 Å². The highest BCUT2D eigenvalue weighted by atomic mass is 16.5. The lowest BCUT2D eigenvalue weighted by Crippen LogP contribution is -2.14. The van der Waals surface area contributed by atoms with E-state index in [4.69, 9.17) is 18.9 Å². The maximum Gasteiger partial charge on any atom is 0.161 e. The van der Waals surface area contributed by atoms with E-state index in [1.165, 1.54) is 5.56 Å². The molecule has 4 heteroatoms. The van der Waals surface area contributed by atoms with Gasteiger partial charge in [-0.3, -0.25) is 4.99 Å². The van der Waals surface area contributed by atoms with Crippen molar-refractivity contribution in [2.75, 3.05) is 20.8 Å². The molecule has 0 saturated heterocycles. The molecule has 1 aliphatic heterocycles. The van der Waals surface area contributed by atoms with Gasteiger partial charge in [-0.15, -0.1) is 0 Å². The van der Waals surface area contributed by atoms with Gasteiger partial charge in [0.25, 0.3) is 0 Å². The standard InChI is InChI=1S/C19H17NO3/c1-21-16-9-12-7-8-20-19(14(12)11-17(16)22-2)18-10-13-5-3-4-6-15(13)23-18/h3-6,9-11H,7-8H2,1-2H3. The maximum absolute atomic E-state index is 5.99. The summed E-state index contributed by atoms with van der Waals surface area (Å²) >= 11 is 0. The molecular formula is C19H17NO3. The molecule has 0 aliphatic carbocycles. The van der Waals surface area contributed by atoms with E-state index in [-0.39, 0.29) is 0 Å². The molecule has 0 N–H and O–H groups in total. The van der Waals surface area contributed by atoms with Crippen molar-refractivity contribution in [3.63, 3.8) is 0 Å². The predicted molar refractivity (Wildman–Crippen MR) is 90.0 cm³/mol. The summed E-state index contributed by atoms with van der Waals surface area (Å²) in [6, 6.07) is 14.1. The highest BCUT2D eigenvalue weighted by Crippen LogP contribution is 2.34. The summed E-state index contributed by atoms with van der Waals surface area (Å²) in [6.45, 7) is 0.745. The zero-order valence-corrected chi connectivity index (χ0v) is 13.1. The van der Waals surface area contributed by atoms with E-state index >= 15 is 0 Å². The molecule has 0 spiro atoms. The Morgan fingerprint density at radius 1 is 1.00 bits per heavy atom. The second-order valence-electron chi connectivity index (χ2n) is 5.49. The lowest BCUT2D eigenvalue weighted by atomic mass is 9.95. The molecule has 1 aliphatic rings. The highest BCUT2D eigenvalue weighted by Gasteiger charge is 2.22. The van der Waals surface area contributed by atoms with Crippen molar-refractivity contribution in [3.8, 4) is 11.5 Å². The van der Waals surface area contributed by atoms with E-state index in [1.54, 1.807) is 14.2 Å². The first-order valence-corrected chi connectivity index (χ1v) is 7.59. The van der Waals surface area contributed by atoms with Gasteiger partial charge in [0.1, 0.15) is 11.3 Å². The highest BCUT2D eigenvalue weighted by molar-refractivity contribution is 6.14. The van der Waals surface area contributed by atoms with Crippen molar-refractivity contribution in [2.45, 2.75) is 6.42 Å². The lowest BCUT2D eigenvalue weighted by Gasteiger charge is -2.18. The van der Waals surface area contributed by atoms with Gasteiger partial charge in [0, 0.05) is 17.5 Å². The molecule has 0 fully saturated rings. The van der Waals surface area contributed by atoms with Crippen LogP contribution in [0.1, 0.15) is 16.9 Å². The van der Waals surface area contributed by atoms with Crippen molar-refractivity contribution < 1.29 is 13.9 Å². The topological polar surface area (TPSA) is 44.0 Å². The Morgan fingerprint density at radius 2 is 1.78 bits per heavy atom. The van der Waals surface area contributed by atoms with Gasteiger partial charge in [-0.05, 0) is 36.2 Å². The number of hydrogen-bond acceptors (Lipinski definition) is 4. The van der Waals surface area contributed by atoms with E-state index in [0.29, 0.717) is 5.75 Å². The van der Waals surface area contributed by atoms with Crippen molar-refractivity contribution in [2.24, 2.45) is 4.99 Å². The van der Waals surface area contributed by atoms with Gasteiger partial charge < -0.3 is 13.9 Å². The molecule has 0 unspecified atom stereocenters. The smallest absolute Gasteiger partial charge is 0.161 e. The third-order valence-corrected chi connectivity index (χ3v) is 4.17. The molecule has 0 atom stereocenters. The van der Waals surface area contributed by atoms with Gasteiger partial charge >= 0.3 is 0 Å². The van der Waals surface area contributed by atoms with E-state index < -0.39 is 0 Å². The summed E-state index contributed by atoms with van der Waals surface area (Å²) in [7, 11) is 3.30. The van der Waals surface area contributed by atoms with Gasteiger partial charge in [0.2, 0.25) is 0 Å². The number of hydrogen-bond donors (Lipinski definition) is 0. The first kappa shape index (κ1) is 13.9. The number of methoxy groups -OCH3 is 2. The van der Waals surface area contributed by atoms with Crippen LogP contribution in [-0.2, 0) is 6.42 Å². The molecule has 0 radical (unpaired) electrons. The molecule has 2 heterocycles. The van der Waals surface area contributed by atoms with Crippen LogP contribution in [0.4, 0.5) is 0 Å². The zero-order valence-electron chi connectivity index (χ0n) is 13.1. The molecule has 4 rings (SSSR count). The van der Waals surface area contributed by atoms with Crippen molar-refractivity contribution >= 4 is 16.7 Å². The van der Waals surface area contributed by atoms with Crippen molar-refractivity contribution in [1.29, 1.82) is 0 Å². The van der Waals surface area contributed by atoms with Crippen LogP contribution >= 0.6 is 0 Å². The average molecular weight is 307 g/mol. The molecule has 23 heavy (non-hydrogen) atoms. The van der Waals surface area contributed by atoms with Crippen molar-refractivity contribution in [1.82, 2.24) is 0 Å². The number of benzene rings is 2. The quantitative estimate of drug-likeness (QED) is 0.738. The van der Waals surface area contributed by atoms with E-state index in [9.17, 15) is 0 Å². The summed E-state index contributed by atoms with van der Waals surface area (Å²) in [5, 5.41) is 1.08. The minimum absolute atomic E-state index is 0.706. The molecule has 0 amide bonds. The molecular weight excluding hydrogens is 290 g/mol. The Labute approximate surface area is 134 Å². The van der Waals surface area contributed by atoms with Crippen LogP contribution in [0.25, 0.3) is 11.0 Å². The fourth-order valence-electron chi connectivity index (χ4n) is 3.03. The van der Waals surface area contributed by atoms with Gasteiger partial charge in [0.05, 0.1) is 14.2 Å². The number of furan rings is 1. The third-order valence-electron chi connectivity index (χ3n) is 4.17. The molecule has 1 aromatic heterocycles. The Hall–Kier alpha value is -2.75. The molecule has 3 aromatic rings. The van der Waals surface area contributed by atoms with E-state index in [1.807, 2.05) is 42.5 Å². The number of aliphatic imine (C=N–C) groups is 1. The van der Waals surface area contributed by atoms with Crippen LogP contribution in [0.3, 0.4) is 0 Å². The van der Waals surface area contributed by atoms with E-state index in [0.717, 1.165) is 46.7 Å². The third kappa shape index (κ3) is 2.27.